The van der Waals surface area contributed by atoms with Crippen LogP contribution in [0, 0.1) is 0 Å². The Balaban J connectivity index is 2.56. The zero-order chi connectivity index (χ0) is 12.9. The number of thioether (sulfide) groups is 1. The van der Waals surface area contributed by atoms with E-state index in [0.29, 0.717) is 5.69 Å². The molecule has 1 aromatic carbocycles. The van der Waals surface area contributed by atoms with E-state index in [1.165, 1.54) is 0 Å². The van der Waals surface area contributed by atoms with Gasteiger partial charge in [-0.2, -0.15) is 0 Å². The summed E-state index contributed by atoms with van der Waals surface area (Å²) in [5, 5.41) is 2.67. The summed E-state index contributed by atoms with van der Waals surface area (Å²) in [6, 6.07) is 7.41. The number of anilines is 1. The quantitative estimate of drug-likeness (QED) is 0.831. The Hall–Kier alpha value is -1.01. The van der Waals surface area contributed by atoms with Crippen molar-refractivity contribution in [2.24, 2.45) is 0 Å². The van der Waals surface area contributed by atoms with Gasteiger partial charge in [0.15, 0.2) is 0 Å². The third kappa shape index (κ3) is 5.74. The van der Waals surface area contributed by atoms with Crippen LogP contribution in [0.2, 0.25) is 0 Å². The summed E-state index contributed by atoms with van der Waals surface area (Å²) in [5.41, 5.74) is 0.690. The molecule has 1 rings (SSSR count). The average molecular weight is 273 g/mol. The van der Waals surface area contributed by atoms with Crippen molar-refractivity contribution < 1.29 is 13.2 Å². The second-order valence-corrected chi connectivity index (χ2v) is 6.80. The van der Waals surface area contributed by atoms with Gasteiger partial charge in [0, 0.05) is 23.3 Å². The first-order chi connectivity index (χ1) is 7.90. The van der Waals surface area contributed by atoms with E-state index >= 15 is 0 Å². The normalized spacial score (nSPS) is 11.2. The first-order valence-electron chi connectivity index (χ1n) is 5.02. The second-order valence-electron chi connectivity index (χ2n) is 3.66. The molecule has 0 aliphatic carbocycles. The van der Waals surface area contributed by atoms with Gasteiger partial charge >= 0.3 is 0 Å². The zero-order valence-corrected chi connectivity index (χ0v) is 11.4. The number of carbonyl (C=O) groups excluding carboxylic acids is 1. The number of sulfone groups is 1. The van der Waals surface area contributed by atoms with E-state index < -0.39 is 9.84 Å². The lowest BCUT2D eigenvalue weighted by atomic mass is 10.3. The number of hydrogen-bond acceptors (Lipinski definition) is 4. The highest BCUT2D eigenvalue weighted by Gasteiger charge is 2.08. The maximum atomic E-state index is 11.5. The molecule has 0 bridgehead atoms. The smallest absolute Gasteiger partial charge is 0.225 e. The summed E-state index contributed by atoms with van der Waals surface area (Å²) in [4.78, 5) is 12.5. The van der Waals surface area contributed by atoms with Gasteiger partial charge in [-0.3, -0.25) is 4.79 Å². The first kappa shape index (κ1) is 14.1. The van der Waals surface area contributed by atoms with Crippen LogP contribution in [-0.2, 0) is 14.6 Å². The highest BCUT2D eigenvalue weighted by atomic mass is 32.2. The van der Waals surface area contributed by atoms with Gasteiger partial charge in [-0.15, -0.1) is 11.8 Å². The van der Waals surface area contributed by atoms with Crippen LogP contribution in [0.3, 0.4) is 0 Å². The largest absolute Gasteiger partial charge is 0.326 e. The summed E-state index contributed by atoms with van der Waals surface area (Å²) < 4.78 is 21.8. The molecule has 1 amide bonds. The Morgan fingerprint density at radius 1 is 1.41 bits per heavy atom. The average Bonchev–Trinajstić information content (AvgIpc) is 2.26. The Bertz CT molecular complexity index is 497. The monoisotopic (exact) mass is 273 g/mol. The van der Waals surface area contributed by atoms with Crippen LogP contribution in [0.4, 0.5) is 5.69 Å². The number of hydrogen-bond donors (Lipinski definition) is 1. The molecule has 0 unspecified atom stereocenters. The molecular weight excluding hydrogens is 258 g/mol. The fourth-order valence-corrected chi connectivity index (χ4v) is 2.22. The summed E-state index contributed by atoms with van der Waals surface area (Å²) >= 11 is 1.58. The van der Waals surface area contributed by atoms with Crippen molar-refractivity contribution in [2.75, 3.05) is 23.6 Å². The van der Waals surface area contributed by atoms with E-state index in [0.717, 1.165) is 11.2 Å². The van der Waals surface area contributed by atoms with Crippen LogP contribution >= 0.6 is 11.8 Å². The molecule has 4 nitrogen and oxygen atoms in total. The van der Waals surface area contributed by atoms with E-state index in [1.807, 2.05) is 24.5 Å². The third-order valence-corrected chi connectivity index (χ3v) is 3.72. The Labute approximate surface area is 106 Å². The highest BCUT2D eigenvalue weighted by Crippen LogP contribution is 2.18. The van der Waals surface area contributed by atoms with Crippen LogP contribution in [0.1, 0.15) is 6.42 Å². The van der Waals surface area contributed by atoms with Gasteiger partial charge in [-0.25, -0.2) is 8.42 Å². The fourth-order valence-electron chi connectivity index (χ4n) is 1.20. The number of amides is 1. The SMILES string of the molecule is CSc1cccc(NC(=O)CCS(C)(=O)=O)c1. The summed E-state index contributed by atoms with van der Waals surface area (Å²) in [6.07, 6.45) is 3.06. The van der Waals surface area contributed by atoms with Gasteiger partial charge in [-0.1, -0.05) is 6.07 Å². The predicted octanol–water partition coefficient (Wildman–Crippen LogP) is 1.78. The van der Waals surface area contributed by atoms with Gasteiger partial charge < -0.3 is 5.32 Å². The Morgan fingerprint density at radius 3 is 2.71 bits per heavy atom. The third-order valence-electron chi connectivity index (χ3n) is 2.05. The van der Waals surface area contributed by atoms with Crippen LogP contribution in [0.15, 0.2) is 29.2 Å². The molecule has 0 aromatic heterocycles. The Morgan fingerprint density at radius 2 is 2.12 bits per heavy atom. The van der Waals surface area contributed by atoms with Gasteiger partial charge in [0.2, 0.25) is 5.91 Å². The number of carbonyl (C=O) groups is 1. The van der Waals surface area contributed by atoms with Gasteiger partial charge in [0.1, 0.15) is 9.84 Å². The molecule has 0 aliphatic heterocycles. The molecule has 1 N–H and O–H groups in total. The standard InChI is InChI=1S/C11H15NO3S2/c1-16-10-5-3-4-9(8-10)12-11(13)6-7-17(2,14)15/h3-5,8H,6-7H2,1-2H3,(H,12,13). The maximum Gasteiger partial charge on any atom is 0.225 e. The molecule has 0 aliphatic rings. The molecular formula is C11H15NO3S2. The lowest BCUT2D eigenvalue weighted by Crippen LogP contribution is -2.16. The lowest BCUT2D eigenvalue weighted by Gasteiger charge is -2.05. The van der Waals surface area contributed by atoms with Crippen molar-refractivity contribution in [2.45, 2.75) is 11.3 Å². The molecule has 0 atom stereocenters. The summed E-state index contributed by atoms with van der Waals surface area (Å²) in [6.45, 7) is 0. The van der Waals surface area contributed by atoms with Crippen molar-refractivity contribution in [3.8, 4) is 0 Å². The van der Waals surface area contributed by atoms with Crippen LogP contribution in [-0.4, -0.2) is 32.6 Å². The molecule has 0 heterocycles. The summed E-state index contributed by atoms with van der Waals surface area (Å²) in [5.74, 6) is -0.408. The van der Waals surface area contributed by atoms with Gasteiger partial charge in [0.25, 0.3) is 0 Å². The highest BCUT2D eigenvalue weighted by molar-refractivity contribution is 7.98. The van der Waals surface area contributed by atoms with Crippen LogP contribution in [0.25, 0.3) is 0 Å². The minimum absolute atomic E-state index is 0.0116. The van der Waals surface area contributed by atoms with Crippen molar-refractivity contribution in [1.82, 2.24) is 0 Å². The van der Waals surface area contributed by atoms with Gasteiger partial charge in [0.05, 0.1) is 5.75 Å². The molecule has 0 fully saturated rings. The zero-order valence-electron chi connectivity index (χ0n) is 9.76. The molecule has 17 heavy (non-hydrogen) atoms. The molecule has 0 radical (unpaired) electrons. The van der Waals surface area contributed by atoms with E-state index in [2.05, 4.69) is 5.32 Å². The van der Waals surface area contributed by atoms with Crippen molar-refractivity contribution in [3.63, 3.8) is 0 Å². The molecule has 94 valence electrons. The lowest BCUT2D eigenvalue weighted by molar-refractivity contribution is -0.115. The van der Waals surface area contributed by atoms with Crippen molar-refractivity contribution in [3.05, 3.63) is 24.3 Å². The minimum atomic E-state index is -3.09. The van der Waals surface area contributed by atoms with E-state index in [9.17, 15) is 13.2 Å². The molecule has 0 saturated carbocycles. The second kappa shape index (κ2) is 6.07. The van der Waals surface area contributed by atoms with Crippen LogP contribution in [0.5, 0.6) is 0 Å². The van der Waals surface area contributed by atoms with E-state index in [-0.39, 0.29) is 18.1 Å². The topological polar surface area (TPSA) is 63.2 Å². The van der Waals surface area contributed by atoms with E-state index in [1.54, 1.807) is 17.8 Å². The number of nitrogens with one attached hydrogen (secondary N) is 1. The van der Waals surface area contributed by atoms with Crippen molar-refractivity contribution >= 4 is 33.2 Å². The number of rotatable bonds is 5. The van der Waals surface area contributed by atoms with Crippen molar-refractivity contribution in [1.29, 1.82) is 0 Å². The summed E-state index contributed by atoms with van der Waals surface area (Å²) in [7, 11) is -3.09. The van der Waals surface area contributed by atoms with E-state index in [4.69, 9.17) is 0 Å². The molecule has 0 spiro atoms. The minimum Gasteiger partial charge on any atom is -0.326 e. The fraction of sp³-hybridized carbons (Fsp3) is 0.364. The molecule has 6 heteroatoms. The van der Waals surface area contributed by atoms with Crippen LogP contribution < -0.4 is 5.32 Å². The predicted molar refractivity (Wildman–Crippen MR) is 71.2 cm³/mol. The molecule has 0 saturated heterocycles. The molecule has 1 aromatic rings. The van der Waals surface area contributed by atoms with Gasteiger partial charge in [-0.05, 0) is 24.5 Å². The first-order valence-corrected chi connectivity index (χ1v) is 8.31. The Kier molecular flexibility index (Phi) is 5.02. The number of benzene rings is 1. The maximum absolute atomic E-state index is 11.5.